The molecule has 0 bridgehead atoms. The van der Waals surface area contributed by atoms with Gasteiger partial charge in [-0.2, -0.15) is 11.8 Å². The summed E-state index contributed by atoms with van der Waals surface area (Å²) in [7, 11) is 0. The lowest BCUT2D eigenvalue weighted by Gasteiger charge is -2.10. The summed E-state index contributed by atoms with van der Waals surface area (Å²) in [6.07, 6.45) is 7.46. The number of hydrogen-bond acceptors (Lipinski definition) is 6. The van der Waals surface area contributed by atoms with E-state index >= 15 is 0 Å². The van der Waals surface area contributed by atoms with E-state index in [9.17, 15) is 0 Å². The lowest BCUT2D eigenvalue weighted by molar-refractivity contribution is 1.11. The summed E-state index contributed by atoms with van der Waals surface area (Å²) < 4.78 is 0. The molecule has 0 fully saturated rings. The van der Waals surface area contributed by atoms with Crippen LogP contribution in [0.25, 0.3) is 16.6 Å². The number of nitrogens with one attached hydrogen (secondary N) is 1. The minimum Gasteiger partial charge on any atom is -0.369 e. The van der Waals surface area contributed by atoms with Gasteiger partial charge in [-0.05, 0) is 24.5 Å². The molecule has 5 nitrogen and oxygen atoms in total. The highest BCUT2D eigenvalue weighted by molar-refractivity contribution is 7.98. The molecule has 2 heterocycles. The summed E-state index contributed by atoms with van der Waals surface area (Å²) in [5.41, 5.74) is 1.65. The van der Waals surface area contributed by atoms with E-state index < -0.39 is 0 Å². The second-order valence-corrected chi connectivity index (χ2v) is 5.70. The quantitative estimate of drug-likeness (QED) is 0.862. The number of allylic oxidation sites excluding steroid dienone is 1. The molecule has 1 N–H and O–H groups in total. The summed E-state index contributed by atoms with van der Waals surface area (Å²) >= 11 is 1.80. The maximum absolute atomic E-state index is 4.66. The van der Waals surface area contributed by atoms with Crippen LogP contribution in [-0.4, -0.2) is 47.5 Å². The Bertz CT molecular complexity index is 751. The number of fused-ring (bicyclic) bond motifs is 1. The van der Waals surface area contributed by atoms with Gasteiger partial charge in [0.25, 0.3) is 0 Å². The Morgan fingerprint density at radius 3 is 3.05 bits per heavy atom. The Kier molecular flexibility index (Phi) is 4.80. The number of hydrogen-bond donors (Lipinski definition) is 1. The lowest BCUT2D eigenvalue weighted by atomic mass is 10.2. The van der Waals surface area contributed by atoms with Crippen LogP contribution in [-0.2, 0) is 0 Å². The molecule has 1 aliphatic heterocycles. The molecule has 0 saturated heterocycles. The first-order valence-corrected chi connectivity index (χ1v) is 8.50. The third kappa shape index (κ3) is 3.33. The van der Waals surface area contributed by atoms with Crippen LogP contribution in [0.15, 0.2) is 40.3 Å². The molecule has 3 rings (SSSR count). The minimum atomic E-state index is 0.590. The molecule has 2 aromatic rings. The third-order valence-corrected chi connectivity index (χ3v) is 3.80. The Morgan fingerprint density at radius 2 is 2.14 bits per heavy atom. The largest absolute Gasteiger partial charge is 0.369 e. The van der Waals surface area contributed by atoms with Gasteiger partial charge in [-0.3, -0.25) is 9.98 Å². The van der Waals surface area contributed by atoms with Crippen LogP contribution in [0.3, 0.4) is 0 Å². The van der Waals surface area contributed by atoms with Gasteiger partial charge in [-0.1, -0.05) is 12.1 Å². The number of aromatic nitrogens is 2. The molecule has 22 heavy (non-hydrogen) atoms. The first-order chi connectivity index (χ1) is 10.9. The van der Waals surface area contributed by atoms with Crippen LogP contribution in [0.4, 0.5) is 5.82 Å². The number of aliphatic imine (C=N–C) groups is 2. The maximum atomic E-state index is 4.66. The molecular formula is C16H17N5S. The topological polar surface area (TPSA) is 62.5 Å². The van der Waals surface area contributed by atoms with Gasteiger partial charge in [0.05, 0.1) is 12.1 Å². The van der Waals surface area contributed by atoms with Gasteiger partial charge in [-0.15, -0.1) is 0 Å². The highest BCUT2D eigenvalue weighted by Crippen LogP contribution is 2.23. The number of benzene rings is 1. The lowest BCUT2D eigenvalue weighted by Crippen LogP contribution is -2.08. The van der Waals surface area contributed by atoms with Crippen molar-refractivity contribution in [2.75, 3.05) is 30.4 Å². The van der Waals surface area contributed by atoms with Gasteiger partial charge < -0.3 is 5.32 Å². The monoisotopic (exact) mass is 311 g/mol. The minimum absolute atomic E-state index is 0.590. The fourth-order valence-electron chi connectivity index (χ4n) is 2.14. The van der Waals surface area contributed by atoms with Crippen molar-refractivity contribution in [2.24, 2.45) is 9.98 Å². The fraction of sp³-hybridized carbons (Fsp3) is 0.250. The highest BCUT2D eigenvalue weighted by atomic mass is 32.2. The van der Waals surface area contributed by atoms with Crippen molar-refractivity contribution in [3.8, 4) is 0 Å². The Hall–Kier alpha value is -2.21. The maximum Gasteiger partial charge on any atom is 0.180 e. The van der Waals surface area contributed by atoms with E-state index in [1.807, 2.05) is 30.3 Å². The van der Waals surface area contributed by atoms with Crippen LogP contribution in [0.1, 0.15) is 5.82 Å². The van der Waals surface area contributed by atoms with Gasteiger partial charge in [0.15, 0.2) is 5.82 Å². The summed E-state index contributed by atoms with van der Waals surface area (Å²) in [6, 6.07) is 8.01. The molecule has 1 aliphatic rings. The van der Waals surface area contributed by atoms with Crippen molar-refractivity contribution >= 4 is 46.6 Å². The van der Waals surface area contributed by atoms with Crippen molar-refractivity contribution < 1.29 is 0 Å². The summed E-state index contributed by atoms with van der Waals surface area (Å²) in [5, 5.41) is 4.43. The predicted octanol–water partition coefficient (Wildman–Crippen LogP) is 2.90. The molecule has 0 atom stereocenters. The van der Waals surface area contributed by atoms with E-state index in [1.54, 1.807) is 24.2 Å². The van der Waals surface area contributed by atoms with Crippen LogP contribution in [0.2, 0.25) is 0 Å². The number of rotatable bonds is 5. The SMILES string of the molecule is CSCCNc1nc(C2=CC=NCC=N2)nc2ccccc12. The third-order valence-electron chi connectivity index (χ3n) is 3.19. The van der Waals surface area contributed by atoms with E-state index in [0.29, 0.717) is 12.4 Å². The van der Waals surface area contributed by atoms with E-state index in [1.165, 1.54) is 0 Å². The number of nitrogens with zero attached hydrogens (tertiary/aromatic N) is 4. The molecule has 112 valence electrons. The average Bonchev–Trinajstić information content (AvgIpc) is 2.84. The van der Waals surface area contributed by atoms with Crippen molar-refractivity contribution in [3.63, 3.8) is 0 Å². The normalized spacial score (nSPS) is 14.0. The van der Waals surface area contributed by atoms with Crippen LogP contribution < -0.4 is 5.32 Å². The Labute approximate surface area is 133 Å². The number of thioether (sulfide) groups is 1. The fourth-order valence-corrected chi connectivity index (χ4v) is 2.45. The summed E-state index contributed by atoms with van der Waals surface area (Å²) in [4.78, 5) is 17.9. The van der Waals surface area contributed by atoms with Crippen molar-refractivity contribution in [1.29, 1.82) is 0 Å². The van der Waals surface area contributed by atoms with E-state index in [-0.39, 0.29) is 0 Å². The zero-order valence-electron chi connectivity index (χ0n) is 12.4. The zero-order chi connectivity index (χ0) is 15.2. The first kappa shape index (κ1) is 14.7. The molecule has 1 aromatic carbocycles. The Morgan fingerprint density at radius 1 is 1.23 bits per heavy atom. The van der Waals surface area contributed by atoms with Crippen molar-refractivity contribution in [2.45, 2.75) is 0 Å². The van der Waals surface area contributed by atoms with Crippen molar-refractivity contribution in [3.05, 3.63) is 36.2 Å². The molecule has 0 aliphatic carbocycles. The Balaban J connectivity index is 2.04. The van der Waals surface area contributed by atoms with Gasteiger partial charge in [0.1, 0.15) is 11.5 Å². The number of anilines is 1. The highest BCUT2D eigenvalue weighted by Gasteiger charge is 2.10. The standard InChI is InChI=1S/C16H17N5S/c1-22-11-10-19-15-12-4-2-3-5-13(12)20-16(21-15)14-6-7-17-8-9-18-14/h2-7,9H,8,10-11H2,1H3,(H,19,20,21). The summed E-state index contributed by atoms with van der Waals surface area (Å²) in [6.45, 7) is 1.46. The van der Waals surface area contributed by atoms with Gasteiger partial charge in [0, 0.05) is 30.1 Å². The molecular weight excluding hydrogens is 294 g/mol. The molecule has 0 amide bonds. The molecule has 0 saturated carbocycles. The van der Waals surface area contributed by atoms with E-state index in [4.69, 9.17) is 0 Å². The predicted molar refractivity (Wildman–Crippen MR) is 96.2 cm³/mol. The smallest absolute Gasteiger partial charge is 0.180 e. The molecule has 1 aromatic heterocycles. The molecule has 0 spiro atoms. The van der Waals surface area contributed by atoms with Crippen LogP contribution >= 0.6 is 11.8 Å². The van der Waals surface area contributed by atoms with Gasteiger partial charge in [0.2, 0.25) is 0 Å². The van der Waals surface area contributed by atoms with Gasteiger partial charge in [-0.25, -0.2) is 9.97 Å². The molecule has 0 unspecified atom stereocenters. The summed E-state index contributed by atoms with van der Waals surface area (Å²) in [5.74, 6) is 2.50. The van der Waals surface area contributed by atoms with E-state index in [0.717, 1.165) is 34.7 Å². The molecule has 6 heteroatoms. The first-order valence-electron chi connectivity index (χ1n) is 7.11. The zero-order valence-corrected chi connectivity index (χ0v) is 13.2. The number of para-hydroxylation sites is 1. The van der Waals surface area contributed by atoms with Gasteiger partial charge >= 0.3 is 0 Å². The van der Waals surface area contributed by atoms with Crippen LogP contribution in [0.5, 0.6) is 0 Å². The average molecular weight is 311 g/mol. The second kappa shape index (κ2) is 7.17. The second-order valence-electron chi connectivity index (χ2n) is 4.71. The molecule has 0 radical (unpaired) electrons. The van der Waals surface area contributed by atoms with Crippen LogP contribution in [0, 0.1) is 0 Å². The van der Waals surface area contributed by atoms with Crippen molar-refractivity contribution in [1.82, 2.24) is 9.97 Å². The van der Waals surface area contributed by atoms with E-state index in [2.05, 4.69) is 31.5 Å².